The number of nitrogens with one attached hydrogen (secondary N) is 1. The van der Waals surface area contributed by atoms with Crippen LogP contribution in [0.3, 0.4) is 0 Å². The standard InChI is InChI=1S/C15H18N2O3/c1-2-10(8-9-6-7-9)17-12-5-3-4-11(14(18)19)13(12)16-15(17)20/h3-5,9-10H,2,6-8H2,1H3,(H,16,20)(H,18,19). The maximum atomic E-state index is 12.2. The van der Waals surface area contributed by atoms with Gasteiger partial charge in [-0.15, -0.1) is 0 Å². The summed E-state index contributed by atoms with van der Waals surface area (Å²) in [5.74, 6) is -0.293. The molecule has 1 saturated carbocycles. The molecule has 106 valence electrons. The highest BCUT2D eigenvalue weighted by molar-refractivity contribution is 6.00. The molecular weight excluding hydrogens is 256 g/mol. The van der Waals surface area contributed by atoms with Crippen molar-refractivity contribution < 1.29 is 9.90 Å². The van der Waals surface area contributed by atoms with Gasteiger partial charge in [0, 0.05) is 6.04 Å². The Labute approximate surface area is 116 Å². The summed E-state index contributed by atoms with van der Waals surface area (Å²) < 4.78 is 1.74. The minimum Gasteiger partial charge on any atom is -0.478 e. The lowest BCUT2D eigenvalue weighted by molar-refractivity contribution is 0.0699. The number of hydrogen-bond donors (Lipinski definition) is 2. The molecule has 2 aromatic rings. The van der Waals surface area contributed by atoms with Crippen molar-refractivity contribution in [2.24, 2.45) is 5.92 Å². The van der Waals surface area contributed by atoms with Crippen LogP contribution in [0, 0.1) is 5.92 Å². The van der Waals surface area contributed by atoms with E-state index in [2.05, 4.69) is 11.9 Å². The number of rotatable bonds is 5. The predicted molar refractivity (Wildman–Crippen MR) is 76.2 cm³/mol. The van der Waals surface area contributed by atoms with Crippen LogP contribution in [0.25, 0.3) is 11.0 Å². The van der Waals surface area contributed by atoms with E-state index < -0.39 is 5.97 Å². The summed E-state index contributed by atoms with van der Waals surface area (Å²) in [5, 5.41) is 9.20. The normalized spacial score (nSPS) is 16.4. The van der Waals surface area contributed by atoms with Crippen LogP contribution in [0.2, 0.25) is 0 Å². The van der Waals surface area contributed by atoms with Crippen molar-refractivity contribution in [2.75, 3.05) is 0 Å². The van der Waals surface area contributed by atoms with Gasteiger partial charge in [0.1, 0.15) is 0 Å². The van der Waals surface area contributed by atoms with Crippen molar-refractivity contribution in [3.8, 4) is 0 Å². The second-order valence-electron chi connectivity index (χ2n) is 5.55. The van der Waals surface area contributed by atoms with E-state index in [1.807, 2.05) is 6.07 Å². The lowest BCUT2D eigenvalue weighted by Gasteiger charge is -2.16. The highest BCUT2D eigenvalue weighted by atomic mass is 16.4. The number of imidazole rings is 1. The molecule has 1 aliphatic rings. The van der Waals surface area contributed by atoms with E-state index in [0.717, 1.165) is 18.8 Å². The number of para-hydroxylation sites is 1. The number of fused-ring (bicyclic) bond motifs is 1. The highest BCUT2D eigenvalue weighted by Gasteiger charge is 2.27. The van der Waals surface area contributed by atoms with Crippen molar-refractivity contribution in [3.05, 3.63) is 34.2 Å². The third-order valence-corrected chi connectivity index (χ3v) is 4.12. The van der Waals surface area contributed by atoms with E-state index in [1.165, 1.54) is 18.9 Å². The fourth-order valence-electron chi connectivity index (χ4n) is 2.88. The number of aromatic carboxylic acids is 1. The molecule has 0 spiro atoms. The van der Waals surface area contributed by atoms with Crippen molar-refractivity contribution in [2.45, 2.75) is 38.6 Å². The van der Waals surface area contributed by atoms with E-state index in [0.29, 0.717) is 11.0 Å². The molecule has 20 heavy (non-hydrogen) atoms. The Hall–Kier alpha value is -2.04. The van der Waals surface area contributed by atoms with Gasteiger partial charge in [-0.3, -0.25) is 4.57 Å². The van der Waals surface area contributed by atoms with Crippen LogP contribution < -0.4 is 5.69 Å². The second kappa shape index (κ2) is 4.81. The average molecular weight is 274 g/mol. The number of benzene rings is 1. The molecule has 2 N–H and O–H groups in total. The molecule has 3 rings (SSSR count). The van der Waals surface area contributed by atoms with Gasteiger partial charge >= 0.3 is 11.7 Å². The first kappa shape index (κ1) is 13.0. The molecular formula is C15H18N2O3. The number of carboxylic acids is 1. The third-order valence-electron chi connectivity index (χ3n) is 4.12. The molecule has 5 heteroatoms. The van der Waals surface area contributed by atoms with Gasteiger partial charge in [0.2, 0.25) is 0 Å². The van der Waals surface area contributed by atoms with Crippen LogP contribution in [0.15, 0.2) is 23.0 Å². The Morgan fingerprint density at radius 2 is 2.25 bits per heavy atom. The van der Waals surface area contributed by atoms with Crippen molar-refractivity contribution in [3.63, 3.8) is 0 Å². The number of carbonyl (C=O) groups is 1. The van der Waals surface area contributed by atoms with Gasteiger partial charge in [-0.2, -0.15) is 0 Å². The molecule has 1 fully saturated rings. The summed E-state index contributed by atoms with van der Waals surface area (Å²) in [6.45, 7) is 2.07. The minimum absolute atomic E-state index is 0.146. The summed E-state index contributed by atoms with van der Waals surface area (Å²) in [7, 11) is 0. The maximum Gasteiger partial charge on any atom is 0.337 e. The molecule has 1 unspecified atom stereocenters. The Morgan fingerprint density at radius 1 is 1.50 bits per heavy atom. The molecule has 1 aliphatic carbocycles. The van der Waals surface area contributed by atoms with E-state index in [-0.39, 0.29) is 17.3 Å². The van der Waals surface area contributed by atoms with Crippen LogP contribution in [0.4, 0.5) is 0 Å². The number of hydrogen-bond acceptors (Lipinski definition) is 2. The number of aromatic nitrogens is 2. The van der Waals surface area contributed by atoms with E-state index in [4.69, 9.17) is 0 Å². The maximum absolute atomic E-state index is 12.2. The van der Waals surface area contributed by atoms with E-state index >= 15 is 0 Å². The van der Waals surface area contributed by atoms with E-state index in [9.17, 15) is 14.7 Å². The quantitative estimate of drug-likeness (QED) is 0.880. The lowest BCUT2D eigenvalue weighted by atomic mass is 10.1. The first-order valence-electron chi connectivity index (χ1n) is 7.08. The molecule has 1 aromatic heterocycles. The molecule has 1 heterocycles. The first-order valence-corrected chi connectivity index (χ1v) is 7.08. The van der Waals surface area contributed by atoms with E-state index in [1.54, 1.807) is 10.6 Å². The highest BCUT2D eigenvalue weighted by Crippen LogP contribution is 2.38. The predicted octanol–water partition coefficient (Wildman–Crippen LogP) is 2.78. The van der Waals surface area contributed by atoms with Crippen LogP contribution in [-0.4, -0.2) is 20.6 Å². The van der Waals surface area contributed by atoms with Gasteiger partial charge in [0.25, 0.3) is 0 Å². The third kappa shape index (κ3) is 2.13. The van der Waals surface area contributed by atoms with Gasteiger partial charge in [-0.1, -0.05) is 25.8 Å². The fraction of sp³-hybridized carbons (Fsp3) is 0.467. The number of nitrogens with zero attached hydrogens (tertiary/aromatic N) is 1. The van der Waals surface area contributed by atoms with Gasteiger partial charge in [-0.25, -0.2) is 9.59 Å². The zero-order valence-corrected chi connectivity index (χ0v) is 11.4. The first-order chi connectivity index (χ1) is 9.61. The topological polar surface area (TPSA) is 75.1 Å². The number of aromatic amines is 1. The zero-order valence-electron chi connectivity index (χ0n) is 11.4. The van der Waals surface area contributed by atoms with Crippen LogP contribution in [0.1, 0.15) is 49.0 Å². The van der Waals surface area contributed by atoms with Crippen LogP contribution in [0.5, 0.6) is 0 Å². The number of H-pyrrole nitrogens is 1. The largest absolute Gasteiger partial charge is 0.478 e. The molecule has 5 nitrogen and oxygen atoms in total. The smallest absolute Gasteiger partial charge is 0.337 e. The Balaban J connectivity index is 2.14. The Kier molecular flexibility index (Phi) is 3.12. The van der Waals surface area contributed by atoms with Gasteiger partial charge in [0.15, 0.2) is 0 Å². The fourth-order valence-corrected chi connectivity index (χ4v) is 2.88. The summed E-state index contributed by atoms with van der Waals surface area (Å²) in [4.78, 5) is 26.2. The average Bonchev–Trinajstić information content (AvgIpc) is 3.17. The van der Waals surface area contributed by atoms with Crippen molar-refractivity contribution >= 4 is 17.0 Å². The molecule has 0 bridgehead atoms. The molecule has 0 aliphatic heterocycles. The van der Waals surface area contributed by atoms with Gasteiger partial charge in [0.05, 0.1) is 16.6 Å². The molecule has 0 saturated heterocycles. The van der Waals surface area contributed by atoms with Crippen molar-refractivity contribution in [1.29, 1.82) is 0 Å². The van der Waals surface area contributed by atoms with Gasteiger partial charge < -0.3 is 10.1 Å². The van der Waals surface area contributed by atoms with Crippen LogP contribution in [-0.2, 0) is 0 Å². The SMILES string of the molecule is CCC(CC1CC1)n1c(=O)[nH]c2c(C(=O)O)cccc21. The lowest BCUT2D eigenvalue weighted by Crippen LogP contribution is -2.22. The monoisotopic (exact) mass is 274 g/mol. The summed E-state index contributed by atoms with van der Waals surface area (Å²) in [5.41, 5.74) is 1.07. The molecule has 1 aromatic carbocycles. The molecule has 0 radical (unpaired) electrons. The van der Waals surface area contributed by atoms with Crippen molar-refractivity contribution in [1.82, 2.24) is 9.55 Å². The summed E-state index contributed by atoms with van der Waals surface area (Å²) in [6.07, 6.45) is 4.36. The Bertz CT molecular complexity index is 709. The Morgan fingerprint density at radius 3 is 2.85 bits per heavy atom. The molecule has 0 amide bonds. The molecule has 1 atom stereocenters. The summed E-state index contributed by atoms with van der Waals surface area (Å²) in [6, 6.07) is 5.18. The van der Waals surface area contributed by atoms with Gasteiger partial charge in [-0.05, 0) is 30.9 Å². The number of carboxylic acid groups (broad SMARTS) is 1. The second-order valence-corrected chi connectivity index (χ2v) is 5.55. The zero-order chi connectivity index (χ0) is 14.3. The minimum atomic E-state index is -1.01. The summed E-state index contributed by atoms with van der Waals surface area (Å²) >= 11 is 0. The van der Waals surface area contributed by atoms with Crippen LogP contribution >= 0.6 is 0 Å².